The van der Waals surface area contributed by atoms with Crippen LogP contribution in [0.4, 0.5) is 5.95 Å². The summed E-state index contributed by atoms with van der Waals surface area (Å²) in [6.45, 7) is 0.742. The molecule has 2 heterocycles. The van der Waals surface area contributed by atoms with Crippen LogP contribution in [0.1, 0.15) is 11.1 Å². The monoisotopic (exact) mass is 405 g/mol. The van der Waals surface area contributed by atoms with Gasteiger partial charge in [0.15, 0.2) is 0 Å². The first-order valence-corrected chi connectivity index (χ1v) is 9.23. The van der Waals surface area contributed by atoms with Gasteiger partial charge in [-0.25, -0.2) is 14.5 Å². The zero-order valence-corrected chi connectivity index (χ0v) is 16.2. The molecule has 2 aromatic heterocycles. The molecule has 0 spiro atoms. The van der Waals surface area contributed by atoms with Gasteiger partial charge >= 0.3 is 13.1 Å². The van der Waals surface area contributed by atoms with E-state index in [-0.39, 0.29) is 0 Å². The van der Waals surface area contributed by atoms with E-state index in [9.17, 15) is 10.0 Å². The molecule has 0 aliphatic carbocycles. The molecule has 11 heteroatoms. The highest BCUT2D eigenvalue weighted by molar-refractivity contribution is 6.58. The van der Waals surface area contributed by atoms with Gasteiger partial charge in [0, 0.05) is 13.1 Å². The minimum atomic E-state index is -1.52. The number of aromatic nitrogens is 5. The highest BCUT2D eigenvalue weighted by Crippen LogP contribution is 2.26. The van der Waals surface area contributed by atoms with E-state index < -0.39 is 7.12 Å². The van der Waals surface area contributed by atoms with Crippen LogP contribution in [0.3, 0.4) is 0 Å². The number of fused-ring (bicyclic) bond motifs is 1. The van der Waals surface area contributed by atoms with Crippen molar-refractivity contribution in [3.63, 3.8) is 0 Å². The van der Waals surface area contributed by atoms with E-state index in [0.717, 1.165) is 22.2 Å². The summed E-state index contributed by atoms with van der Waals surface area (Å²) in [6.07, 6.45) is 1.40. The van der Waals surface area contributed by atoms with E-state index in [2.05, 4.69) is 25.3 Å². The standard InChI is InChI=1S/C19H20BN7O3/c1-30-19-25-16-13(9-21)5-3-7-15(16)27(19)18-24-11-23-17(26-18)22-10-12-4-2-6-14(8-12)20(28)29/h2-8,11,28-29H,9-10,21H2,1H3,(H,22,23,24,26). The molecule has 0 radical (unpaired) electrons. The predicted molar refractivity (Wildman–Crippen MR) is 112 cm³/mol. The van der Waals surface area contributed by atoms with E-state index in [1.54, 1.807) is 22.8 Å². The van der Waals surface area contributed by atoms with Crippen LogP contribution in [0.5, 0.6) is 6.01 Å². The third-order valence-corrected chi connectivity index (χ3v) is 4.60. The van der Waals surface area contributed by atoms with Gasteiger partial charge in [0.25, 0.3) is 0 Å². The molecule has 4 aromatic rings. The number of hydrogen-bond donors (Lipinski definition) is 4. The summed E-state index contributed by atoms with van der Waals surface area (Å²) in [4.78, 5) is 17.4. The van der Waals surface area contributed by atoms with Gasteiger partial charge < -0.3 is 25.8 Å². The molecule has 0 aliphatic rings. The minimum Gasteiger partial charge on any atom is -0.468 e. The topological polar surface area (TPSA) is 144 Å². The van der Waals surface area contributed by atoms with Crippen molar-refractivity contribution in [1.29, 1.82) is 0 Å². The SMILES string of the molecule is COc1nc2c(CN)cccc2n1-c1ncnc(NCc2cccc(B(O)O)c2)n1. The average Bonchev–Trinajstić information content (AvgIpc) is 3.17. The zero-order valence-electron chi connectivity index (χ0n) is 16.2. The molecule has 0 saturated heterocycles. The first-order chi connectivity index (χ1) is 14.6. The lowest BCUT2D eigenvalue weighted by atomic mass is 9.80. The van der Waals surface area contributed by atoms with Gasteiger partial charge in [0.1, 0.15) is 6.33 Å². The number of nitrogens with zero attached hydrogens (tertiary/aromatic N) is 5. The van der Waals surface area contributed by atoms with Crippen molar-refractivity contribution < 1.29 is 14.8 Å². The van der Waals surface area contributed by atoms with Crippen molar-refractivity contribution in [2.75, 3.05) is 12.4 Å². The highest BCUT2D eigenvalue weighted by atomic mass is 16.5. The number of imidazole rings is 1. The fraction of sp³-hybridized carbons (Fsp3) is 0.158. The Labute approximate surface area is 172 Å². The maximum atomic E-state index is 9.32. The number of anilines is 1. The maximum absolute atomic E-state index is 9.32. The normalized spacial score (nSPS) is 10.9. The Kier molecular flexibility index (Phi) is 5.57. The number of methoxy groups -OCH3 is 1. The van der Waals surface area contributed by atoms with Gasteiger partial charge in [-0.3, -0.25) is 0 Å². The Morgan fingerprint density at radius 3 is 2.73 bits per heavy atom. The number of rotatable bonds is 7. The molecule has 5 N–H and O–H groups in total. The molecule has 0 unspecified atom stereocenters. The van der Waals surface area contributed by atoms with Crippen molar-refractivity contribution in [3.05, 3.63) is 59.9 Å². The highest BCUT2D eigenvalue weighted by Gasteiger charge is 2.17. The van der Waals surface area contributed by atoms with Gasteiger partial charge in [0.2, 0.25) is 11.9 Å². The Morgan fingerprint density at radius 2 is 1.97 bits per heavy atom. The number of benzene rings is 2. The van der Waals surface area contributed by atoms with Crippen LogP contribution in [0.25, 0.3) is 17.0 Å². The van der Waals surface area contributed by atoms with Crippen LogP contribution in [0.2, 0.25) is 0 Å². The van der Waals surface area contributed by atoms with Crippen LogP contribution in [-0.2, 0) is 13.1 Å². The van der Waals surface area contributed by atoms with E-state index in [0.29, 0.717) is 36.5 Å². The second kappa shape index (κ2) is 8.45. The van der Waals surface area contributed by atoms with Crippen LogP contribution in [-0.4, -0.2) is 48.8 Å². The van der Waals surface area contributed by atoms with Crippen LogP contribution in [0.15, 0.2) is 48.8 Å². The second-order valence-corrected chi connectivity index (χ2v) is 6.50. The summed E-state index contributed by atoms with van der Waals surface area (Å²) in [5, 5.41) is 21.8. The first-order valence-electron chi connectivity index (χ1n) is 9.23. The Hall–Kier alpha value is -3.54. The second-order valence-electron chi connectivity index (χ2n) is 6.50. The molecule has 0 amide bonds. The summed E-state index contributed by atoms with van der Waals surface area (Å²) in [7, 11) is 0.0112. The Balaban J connectivity index is 1.65. The molecule has 0 fully saturated rings. The molecule has 0 saturated carbocycles. The summed E-state index contributed by atoms with van der Waals surface area (Å²) in [5.41, 5.74) is 9.49. The largest absolute Gasteiger partial charge is 0.488 e. The number of hydrogen-bond acceptors (Lipinski definition) is 9. The molecular formula is C19H20BN7O3. The number of para-hydroxylation sites is 1. The van der Waals surface area contributed by atoms with Crippen molar-refractivity contribution in [1.82, 2.24) is 24.5 Å². The van der Waals surface area contributed by atoms with E-state index in [4.69, 9.17) is 10.5 Å². The number of ether oxygens (including phenoxy) is 1. The molecule has 0 aliphatic heterocycles. The summed E-state index contributed by atoms with van der Waals surface area (Å²) >= 11 is 0. The smallest absolute Gasteiger partial charge is 0.468 e. The molecule has 0 atom stereocenters. The molecule has 4 rings (SSSR count). The molecule has 10 nitrogen and oxygen atoms in total. The van der Waals surface area contributed by atoms with Gasteiger partial charge in [-0.2, -0.15) is 9.97 Å². The van der Waals surface area contributed by atoms with E-state index >= 15 is 0 Å². The molecular weight excluding hydrogens is 385 g/mol. The van der Waals surface area contributed by atoms with Crippen molar-refractivity contribution in [3.8, 4) is 12.0 Å². The lowest BCUT2D eigenvalue weighted by molar-refractivity contribution is 0.374. The Bertz CT molecular complexity index is 1180. The van der Waals surface area contributed by atoms with Crippen molar-refractivity contribution >= 4 is 29.6 Å². The van der Waals surface area contributed by atoms with Gasteiger partial charge in [-0.1, -0.05) is 36.4 Å². The number of nitrogens with one attached hydrogen (secondary N) is 1. The predicted octanol–water partition coefficient (Wildman–Crippen LogP) is -0.0303. The third-order valence-electron chi connectivity index (χ3n) is 4.60. The molecule has 2 aromatic carbocycles. The Morgan fingerprint density at radius 1 is 1.13 bits per heavy atom. The van der Waals surface area contributed by atoms with Crippen molar-refractivity contribution in [2.45, 2.75) is 13.1 Å². The molecule has 0 bridgehead atoms. The maximum Gasteiger partial charge on any atom is 0.488 e. The van der Waals surface area contributed by atoms with Gasteiger partial charge in [-0.05, 0) is 22.7 Å². The molecule has 30 heavy (non-hydrogen) atoms. The van der Waals surface area contributed by atoms with Crippen molar-refractivity contribution in [2.24, 2.45) is 5.73 Å². The van der Waals surface area contributed by atoms with Crippen LogP contribution >= 0.6 is 0 Å². The summed E-state index contributed by atoms with van der Waals surface area (Å²) in [5.74, 6) is 0.703. The van der Waals surface area contributed by atoms with Crippen LogP contribution < -0.4 is 21.3 Å². The lowest BCUT2D eigenvalue weighted by Crippen LogP contribution is -2.30. The van der Waals surface area contributed by atoms with E-state index in [1.807, 2.05) is 24.3 Å². The summed E-state index contributed by atoms with van der Waals surface area (Å²) in [6, 6.07) is 13.0. The third kappa shape index (κ3) is 3.81. The lowest BCUT2D eigenvalue weighted by Gasteiger charge is -2.09. The van der Waals surface area contributed by atoms with Gasteiger partial charge in [0.05, 0.1) is 18.1 Å². The van der Waals surface area contributed by atoms with Gasteiger partial charge in [-0.15, -0.1) is 0 Å². The first kappa shape index (κ1) is 19.8. The van der Waals surface area contributed by atoms with E-state index in [1.165, 1.54) is 13.4 Å². The summed E-state index contributed by atoms with van der Waals surface area (Å²) < 4.78 is 7.13. The molecule has 152 valence electrons. The number of nitrogens with two attached hydrogens (primary N) is 1. The quantitative estimate of drug-likeness (QED) is 0.312. The average molecular weight is 405 g/mol. The minimum absolute atomic E-state index is 0.340. The zero-order chi connectivity index (χ0) is 21.1. The van der Waals surface area contributed by atoms with Crippen LogP contribution in [0, 0.1) is 0 Å². The fourth-order valence-corrected chi connectivity index (χ4v) is 3.16. The fourth-order valence-electron chi connectivity index (χ4n) is 3.16.